The van der Waals surface area contributed by atoms with Crippen LogP contribution in [-0.4, -0.2) is 0 Å². The van der Waals surface area contributed by atoms with E-state index >= 15 is 0 Å². The first-order chi connectivity index (χ1) is 58.7. The van der Waals surface area contributed by atoms with E-state index in [0.29, 0.717) is 37.1 Å². The lowest BCUT2D eigenvalue weighted by atomic mass is 9.86. The van der Waals surface area contributed by atoms with Gasteiger partial charge in [0.2, 0.25) is 0 Å². The van der Waals surface area contributed by atoms with Gasteiger partial charge in [0.25, 0.3) is 0 Å². The second kappa shape index (κ2) is 41.9. The molecule has 0 fully saturated rings. The van der Waals surface area contributed by atoms with Crippen molar-refractivity contribution >= 4 is 83.7 Å². The second-order valence-corrected chi connectivity index (χ2v) is 28.8. The summed E-state index contributed by atoms with van der Waals surface area (Å²) in [5.41, 5.74) is 34.4. The van der Waals surface area contributed by atoms with Crippen molar-refractivity contribution in [1.82, 2.24) is 0 Å². The van der Waals surface area contributed by atoms with Gasteiger partial charge < -0.3 is 14.2 Å². The number of ether oxygens (including phenoxy) is 3. The highest BCUT2D eigenvalue weighted by Gasteiger charge is 2.17. The van der Waals surface area contributed by atoms with Crippen LogP contribution < -0.4 is 14.2 Å². The zero-order chi connectivity index (χ0) is 84.1. The lowest BCUT2D eigenvalue weighted by Gasteiger charge is -2.17. The molecule has 15 aromatic carbocycles. The quantitative estimate of drug-likeness (QED) is 0.0468. The highest BCUT2D eigenvalue weighted by molar-refractivity contribution is 6.09. The van der Waals surface area contributed by atoms with Crippen molar-refractivity contribution in [3.8, 4) is 95.1 Å². The fourth-order valence-electron chi connectivity index (χ4n) is 13.8. The molecule has 0 saturated carbocycles. The molecule has 0 amide bonds. The Balaban J connectivity index is 0.000000156. The van der Waals surface area contributed by atoms with Crippen molar-refractivity contribution in [2.75, 3.05) is 0 Å². The SMILES string of the molecule is C=Cc1cc(C=C)cc(C=C)c1.C=Cc1ccc(-c2cc(-c3ccc(C=C)cc3)c3cc(-c4ccc(C=C)cc4)cc(-c4ccc(C=C)cc4)c3c2)cc1.C=Cc1ccc(-c2cc(-c3ccc(C=C)cc3)cc(-c3ccc(C=C)cc3)c2)cc1.C=Cc1ccc(COc2cc(OCc3ccc(C=C)cc3)cc(OCc3ccc(CC)cc3)c2)cc1. The topological polar surface area (TPSA) is 27.7 Å². The Labute approximate surface area is 711 Å². The van der Waals surface area contributed by atoms with E-state index in [-0.39, 0.29) is 0 Å². The molecule has 586 valence electrons. The molecule has 3 heteroatoms. The summed E-state index contributed by atoms with van der Waals surface area (Å²) in [4.78, 5) is 0. The van der Waals surface area contributed by atoms with Crippen molar-refractivity contribution in [2.45, 2.75) is 33.2 Å². The van der Waals surface area contributed by atoms with E-state index in [1.807, 2.05) is 158 Å². The maximum atomic E-state index is 6.13. The summed E-state index contributed by atoms with van der Waals surface area (Å²) in [6.07, 6.45) is 23.3. The minimum atomic E-state index is 0.446. The number of hydrogen-bond donors (Lipinski definition) is 0. The molecule has 0 spiro atoms. The number of benzene rings is 15. The van der Waals surface area contributed by atoms with Gasteiger partial charge in [-0.15, -0.1) is 0 Å². The molecule has 15 aromatic rings. The average molecular weight is 1550 g/mol. The normalized spacial score (nSPS) is 10.4. The van der Waals surface area contributed by atoms with E-state index in [2.05, 4.69) is 322 Å². The molecule has 0 aliphatic rings. The molecule has 0 saturated heterocycles. The summed E-state index contributed by atoms with van der Waals surface area (Å²) in [6.45, 7) is 49.6. The molecule has 0 aromatic heterocycles. The average Bonchev–Trinajstić information content (AvgIpc) is 0.748. The third-order valence-electron chi connectivity index (χ3n) is 21.0. The lowest BCUT2D eigenvalue weighted by molar-refractivity contribution is 0.274. The van der Waals surface area contributed by atoms with Gasteiger partial charge >= 0.3 is 0 Å². The Morgan fingerprint density at radius 3 is 0.567 bits per heavy atom. The monoisotopic (exact) mass is 1550 g/mol. The minimum absolute atomic E-state index is 0.446. The van der Waals surface area contributed by atoms with E-state index in [1.54, 1.807) is 0 Å². The third kappa shape index (κ3) is 22.5. The molecular weight excluding hydrogens is 1450 g/mol. The zero-order valence-electron chi connectivity index (χ0n) is 68.6. The van der Waals surface area contributed by atoms with Gasteiger partial charge in [0, 0.05) is 18.2 Å². The zero-order valence-corrected chi connectivity index (χ0v) is 68.6. The first kappa shape index (κ1) is 84.2. The lowest BCUT2D eigenvalue weighted by Crippen LogP contribution is -2.01. The first-order valence-electron chi connectivity index (χ1n) is 40.2. The number of fused-ring (bicyclic) bond motifs is 1. The fourth-order valence-corrected chi connectivity index (χ4v) is 13.8. The fraction of sp³-hybridized carbons (Fsp3) is 0.0427. The maximum absolute atomic E-state index is 6.13. The van der Waals surface area contributed by atoms with E-state index in [1.165, 1.54) is 94.2 Å². The molecule has 120 heavy (non-hydrogen) atoms. The van der Waals surface area contributed by atoms with Crippen LogP contribution in [0.5, 0.6) is 17.2 Å². The summed E-state index contributed by atoms with van der Waals surface area (Å²) in [5.74, 6) is 2.09. The van der Waals surface area contributed by atoms with Crippen molar-refractivity contribution < 1.29 is 14.2 Å². The smallest absolute Gasteiger partial charge is 0.127 e. The van der Waals surface area contributed by atoms with Crippen LogP contribution in [0, 0.1) is 0 Å². The van der Waals surface area contributed by atoms with Gasteiger partial charge in [0.05, 0.1) is 0 Å². The summed E-state index contributed by atoms with van der Waals surface area (Å²) >= 11 is 0. The van der Waals surface area contributed by atoms with E-state index in [9.17, 15) is 0 Å². The number of rotatable bonds is 29. The van der Waals surface area contributed by atoms with E-state index in [4.69, 9.17) is 14.2 Å². The van der Waals surface area contributed by atoms with Crippen LogP contribution in [0.25, 0.3) is 162 Å². The van der Waals surface area contributed by atoms with Crippen LogP contribution in [-0.2, 0) is 26.2 Å². The molecule has 0 atom stereocenters. The van der Waals surface area contributed by atoms with Crippen LogP contribution in [0.4, 0.5) is 0 Å². The molecule has 0 heterocycles. The predicted molar refractivity (Wildman–Crippen MR) is 524 cm³/mol. The largest absolute Gasteiger partial charge is 0.489 e. The number of aryl methyl sites for hydroxylation is 1. The van der Waals surface area contributed by atoms with Crippen molar-refractivity contribution in [3.63, 3.8) is 0 Å². The van der Waals surface area contributed by atoms with Gasteiger partial charge in [-0.1, -0.05) is 401 Å². The molecular formula is C117H100O3. The molecule has 0 radical (unpaired) electrons. The molecule has 0 unspecified atom stereocenters. The van der Waals surface area contributed by atoms with Crippen LogP contribution >= 0.6 is 0 Å². The second-order valence-electron chi connectivity index (χ2n) is 28.8. The summed E-state index contributed by atoms with van der Waals surface area (Å²) < 4.78 is 18.4. The van der Waals surface area contributed by atoms with E-state index < -0.39 is 0 Å². The van der Waals surface area contributed by atoms with Crippen molar-refractivity contribution in [2.24, 2.45) is 0 Å². The molecule has 15 rings (SSSR count). The van der Waals surface area contributed by atoms with Crippen molar-refractivity contribution in [3.05, 3.63) is 489 Å². The van der Waals surface area contributed by atoms with Gasteiger partial charge in [-0.05, 0) is 245 Å². The van der Waals surface area contributed by atoms with Gasteiger partial charge in [0.15, 0.2) is 0 Å². The summed E-state index contributed by atoms with van der Waals surface area (Å²) in [7, 11) is 0. The third-order valence-corrected chi connectivity index (χ3v) is 21.0. The molecule has 0 N–H and O–H groups in total. The van der Waals surface area contributed by atoms with Gasteiger partial charge in [-0.2, -0.15) is 0 Å². The Morgan fingerprint density at radius 1 is 0.175 bits per heavy atom. The minimum Gasteiger partial charge on any atom is -0.489 e. The van der Waals surface area contributed by atoms with Gasteiger partial charge in [-0.3, -0.25) is 0 Å². The Morgan fingerprint density at radius 2 is 0.358 bits per heavy atom. The molecule has 3 nitrogen and oxygen atoms in total. The van der Waals surface area contributed by atoms with Gasteiger partial charge in [-0.25, -0.2) is 0 Å². The Kier molecular flexibility index (Phi) is 29.4. The van der Waals surface area contributed by atoms with Gasteiger partial charge in [0.1, 0.15) is 37.1 Å². The highest BCUT2D eigenvalue weighted by atomic mass is 16.5. The van der Waals surface area contributed by atoms with Crippen LogP contribution in [0.15, 0.2) is 400 Å². The summed E-state index contributed by atoms with van der Waals surface area (Å²) in [6, 6.07) is 113. The standard InChI is InChI=1S/C42H32.C33H32O3.C30H24.C12H12/c1-5-29-9-17-33(18-10-29)37-25-39(35-21-13-31(7-3)14-22-35)42-28-38(34-19-11-30(6-2)12-20-34)26-40(41(42)27-37)36-23-15-32(8-4)16-24-36;1-4-25-7-13-28(14-8-25)22-34-31-19-32(35-23-29-15-9-26(5-2)10-16-29)21-33(20-31)36-24-30-17-11-27(6-3)12-18-30;1-4-22-7-13-25(14-8-22)28-19-29(26-15-9-23(5-2)10-16-26)21-30(20-28)27-17-11-24(6-3)12-18-27;1-4-10-7-11(5-2)9-12(6-3)8-10/h5-28H,1-4H2;4-5,7-21H,1-2,6,22-24H2,3H3;4-21H,1-3H2;4-9H,1-3H2. The first-order valence-corrected chi connectivity index (χ1v) is 40.2. The summed E-state index contributed by atoms with van der Waals surface area (Å²) in [5, 5.41) is 2.42. The molecule has 0 aliphatic heterocycles. The van der Waals surface area contributed by atoms with E-state index in [0.717, 1.165) is 89.9 Å². The van der Waals surface area contributed by atoms with Crippen molar-refractivity contribution in [1.29, 1.82) is 0 Å². The highest BCUT2D eigenvalue weighted by Crippen LogP contribution is 2.43. The predicted octanol–water partition coefficient (Wildman–Crippen LogP) is 32.6. The van der Waals surface area contributed by atoms with Crippen LogP contribution in [0.1, 0.15) is 95.9 Å². The molecule has 0 aliphatic carbocycles. The van der Waals surface area contributed by atoms with Crippen LogP contribution in [0.3, 0.4) is 0 Å². The number of hydrogen-bond acceptors (Lipinski definition) is 3. The molecule has 0 bridgehead atoms. The Hall–Kier alpha value is -15.2. The van der Waals surface area contributed by atoms with Crippen LogP contribution in [0.2, 0.25) is 0 Å². The Bertz CT molecular complexity index is 5680. The maximum Gasteiger partial charge on any atom is 0.127 e.